The molecule has 2 nitrogen and oxygen atoms in total. The molecule has 37 heavy (non-hydrogen) atoms. The molecule has 200 valence electrons. The minimum absolute atomic E-state index is 0.00473. The van der Waals surface area contributed by atoms with Gasteiger partial charge >= 0.3 is 6.11 Å². The third-order valence-corrected chi connectivity index (χ3v) is 6.58. The number of ether oxygens (including phenoxy) is 2. The third-order valence-electron chi connectivity index (χ3n) is 6.58. The number of rotatable bonds is 8. The molecule has 0 aliphatic carbocycles. The molecule has 0 spiro atoms. The number of fused-ring (bicyclic) bond motifs is 1. The van der Waals surface area contributed by atoms with Crippen molar-refractivity contribution in [2.75, 3.05) is 6.61 Å². The topological polar surface area (TPSA) is 18.5 Å². The maximum atomic E-state index is 15.3. The van der Waals surface area contributed by atoms with Gasteiger partial charge in [0.15, 0.2) is 35.2 Å². The van der Waals surface area contributed by atoms with Gasteiger partial charge in [0.2, 0.25) is 0 Å². The normalized spacial score (nSPS) is 18.4. The first-order chi connectivity index (χ1) is 17.5. The number of unbranched alkanes of at least 4 members (excludes halogenated alkanes) is 2. The molecular formula is C27H24F8O2. The van der Waals surface area contributed by atoms with Gasteiger partial charge in [-0.2, -0.15) is 8.78 Å². The third kappa shape index (κ3) is 5.54. The van der Waals surface area contributed by atoms with Crippen molar-refractivity contribution >= 4 is 10.8 Å². The maximum Gasteiger partial charge on any atom is 0.424 e. The van der Waals surface area contributed by atoms with Gasteiger partial charge in [-0.25, -0.2) is 26.3 Å². The Balaban J connectivity index is 1.50. The van der Waals surface area contributed by atoms with E-state index in [2.05, 4.69) is 4.74 Å². The predicted molar refractivity (Wildman–Crippen MR) is 121 cm³/mol. The van der Waals surface area contributed by atoms with Gasteiger partial charge in [0.05, 0.1) is 12.0 Å². The van der Waals surface area contributed by atoms with Crippen LogP contribution in [-0.4, -0.2) is 18.8 Å². The zero-order valence-corrected chi connectivity index (χ0v) is 19.8. The van der Waals surface area contributed by atoms with Crippen molar-refractivity contribution in [1.82, 2.24) is 0 Å². The Hall–Kier alpha value is -2.88. The van der Waals surface area contributed by atoms with Crippen LogP contribution in [0.5, 0.6) is 5.75 Å². The number of aryl methyl sites for hydroxylation is 1. The molecule has 0 saturated carbocycles. The molecule has 0 N–H and O–H groups in total. The summed E-state index contributed by atoms with van der Waals surface area (Å²) in [6.07, 6.45) is -3.50. The average molecular weight is 532 g/mol. The molecule has 2 unspecified atom stereocenters. The number of hydrogen-bond donors (Lipinski definition) is 0. The van der Waals surface area contributed by atoms with Crippen molar-refractivity contribution < 1.29 is 44.6 Å². The van der Waals surface area contributed by atoms with Gasteiger partial charge in [-0.15, -0.1) is 0 Å². The lowest BCUT2D eigenvalue weighted by Crippen LogP contribution is -2.44. The van der Waals surface area contributed by atoms with Gasteiger partial charge in [-0.3, -0.25) is 0 Å². The van der Waals surface area contributed by atoms with Crippen molar-refractivity contribution in [3.63, 3.8) is 0 Å². The highest BCUT2D eigenvalue weighted by molar-refractivity contribution is 5.85. The highest BCUT2D eigenvalue weighted by atomic mass is 19.3. The van der Waals surface area contributed by atoms with Crippen LogP contribution in [0.15, 0.2) is 30.3 Å². The van der Waals surface area contributed by atoms with Gasteiger partial charge in [0.25, 0.3) is 0 Å². The first kappa shape index (κ1) is 27.2. The highest BCUT2D eigenvalue weighted by Crippen LogP contribution is 2.39. The number of hydrogen-bond acceptors (Lipinski definition) is 2. The summed E-state index contributed by atoms with van der Waals surface area (Å²) in [7, 11) is 0. The SMILES string of the molecule is CCCCCc1cc2ccc(C3CCC(C(F)(F)Oc4cc(F)c(F)c(F)c4)OC3)c(F)c2c(F)c1F. The van der Waals surface area contributed by atoms with Crippen LogP contribution >= 0.6 is 0 Å². The van der Waals surface area contributed by atoms with Gasteiger partial charge in [-0.05, 0) is 48.3 Å². The largest absolute Gasteiger partial charge is 0.430 e. The van der Waals surface area contributed by atoms with E-state index in [9.17, 15) is 30.7 Å². The average Bonchev–Trinajstić information content (AvgIpc) is 2.85. The van der Waals surface area contributed by atoms with Gasteiger partial charge in [0.1, 0.15) is 11.6 Å². The molecule has 1 fully saturated rings. The van der Waals surface area contributed by atoms with Crippen molar-refractivity contribution in [3.8, 4) is 5.75 Å². The van der Waals surface area contributed by atoms with Crippen molar-refractivity contribution in [2.45, 2.75) is 63.6 Å². The maximum absolute atomic E-state index is 15.3. The van der Waals surface area contributed by atoms with Crippen LogP contribution in [0, 0.1) is 34.9 Å². The Morgan fingerprint density at radius 1 is 0.865 bits per heavy atom. The van der Waals surface area contributed by atoms with Crippen LogP contribution in [-0.2, 0) is 11.2 Å². The molecule has 10 heteroatoms. The fourth-order valence-electron chi connectivity index (χ4n) is 4.59. The molecule has 1 saturated heterocycles. The number of halogens is 8. The van der Waals surface area contributed by atoms with Crippen LogP contribution in [0.1, 0.15) is 56.1 Å². The van der Waals surface area contributed by atoms with E-state index in [1.165, 1.54) is 18.2 Å². The smallest absolute Gasteiger partial charge is 0.424 e. The zero-order chi connectivity index (χ0) is 26.9. The van der Waals surface area contributed by atoms with Crippen molar-refractivity contribution in [3.05, 3.63) is 76.4 Å². The minimum Gasteiger partial charge on any atom is -0.430 e. The molecule has 0 amide bonds. The fraction of sp³-hybridized carbons (Fsp3) is 0.407. The Bertz CT molecular complexity index is 1260. The molecule has 0 bridgehead atoms. The van der Waals surface area contributed by atoms with Gasteiger partial charge < -0.3 is 9.47 Å². The van der Waals surface area contributed by atoms with E-state index in [1.54, 1.807) is 0 Å². The van der Waals surface area contributed by atoms with E-state index in [-0.39, 0.29) is 41.5 Å². The summed E-state index contributed by atoms with van der Waals surface area (Å²) in [6, 6.07) is 4.85. The Morgan fingerprint density at radius 2 is 1.57 bits per heavy atom. The summed E-state index contributed by atoms with van der Waals surface area (Å²) in [4.78, 5) is 0. The predicted octanol–water partition coefficient (Wildman–Crippen LogP) is 8.34. The van der Waals surface area contributed by atoms with E-state index in [0.29, 0.717) is 12.8 Å². The Morgan fingerprint density at radius 3 is 2.19 bits per heavy atom. The van der Waals surface area contributed by atoms with Crippen molar-refractivity contribution in [2.24, 2.45) is 0 Å². The Kier molecular flexibility index (Phi) is 7.96. The second-order valence-electron chi connectivity index (χ2n) is 9.15. The van der Waals surface area contributed by atoms with E-state index in [1.807, 2.05) is 6.92 Å². The van der Waals surface area contributed by atoms with E-state index < -0.39 is 70.8 Å². The molecule has 3 aromatic rings. The second kappa shape index (κ2) is 10.8. The van der Waals surface area contributed by atoms with Crippen LogP contribution in [0.3, 0.4) is 0 Å². The molecule has 1 aliphatic heterocycles. The molecule has 4 rings (SSSR count). The summed E-state index contributed by atoms with van der Waals surface area (Å²) in [5, 5.41) is -0.315. The van der Waals surface area contributed by atoms with E-state index in [4.69, 9.17) is 4.74 Å². The Labute approximate surface area is 208 Å². The molecule has 1 aliphatic rings. The summed E-state index contributed by atoms with van der Waals surface area (Å²) in [5.74, 6) is -10.3. The quantitative estimate of drug-likeness (QED) is 0.165. The van der Waals surface area contributed by atoms with Crippen LogP contribution < -0.4 is 4.74 Å². The molecule has 2 atom stereocenters. The standard InChI is InChI=1S/C27H24F8O2/c1-2-3-4-5-15-10-14-6-8-18(24(31)22(14)26(33)23(15)30)16-7-9-21(36-13-16)27(34,35)37-17-11-19(28)25(32)20(29)12-17/h6,8,10-12,16,21H,2-5,7,9,13H2,1H3. The molecule has 3 aromatic carbocycles. The zero-order valence-electron chi connectivity index (χ0n) is 19.8. The summed E-state index contributed by atoms with van der Waals surface area (Å²) >= 11 is 0. The molecule has 1 heterocycles. The second-order valence-corrected chi connectivity index (χ2v) is 9.15. The lowest BCUT2D eigenvalue weighted by Gasteiger charge is -2.33. The van der Waals surface area contributed by atoms with Crippen LogP contribution in [0.25, 0.3) is 10.8 Å². The van der Waals surface area contributed by atoms with Crippen LogP contribution in [0.2, 0.25) is 0 Å². The first-order valence-electron chi connectivity index (χ1n) is 11.9. The van der Waals surface area contributed by atoms with Crippen molar-refractivity contribution in [1.29, 1.82) is 0 Å². The highest BCUT2D eigenvalue weighted by Gasteiger charge is 2.46. The summed E-state index contributed by atoms with van der Waals surface area (Å²) in [5.41, 5.74) is 0.160. The van der Waals surface area contributed by atoms with E-state index in [0.717, 1.165) is 12.8 Å². The van der Waals surface area contributed by atoms with Gasteiger partial charge in [-0.1, -0.05) is 31.9 Å². The summed E-state index contributed by atoms with van der Waals surface area (Å²) < 4.78 is 123. The molecular weight excluding hydrogens is 508 g/mol. The minimum atomic E-state index is -4.03. The monoisotopic (exact) mass is 532 g/mol. The number of benzene rings is 3. The summed E-state index contributed by atoms with van der Waals surface area (Å²) in [6.45, 7) is 1.59. The first-order valence-corrected chi connectivity index (χ1v) is 11.9. The van der Waals surface area contributed by atoms with Gasteiger partial charge in [0, 0.05) is 18.1 Å². The molecule has 0 aromatic heterocycles. The fourth-order valence-corrected chi connectivity index (χ4v) is 4.59. The molecule has 0 radical (unpaired) electrons. The lowest BCUT2D eigenvalue weighted by molar-refractivity contribution is -0.262. The number of alkyl halides is 2. The lowest BCUT2D eigenvalue weighted by atomic mass is 9.88. The van der Waals surface area contributed by atoms with E-state index >= 15 is 4.39 Å². The van der Waals surface area contributed by atoms with Crippen LogP contribution in [0.4, 0.5) is 35.1 Å².